The SMILES string of the molecule is CCOc1ccc(NC(=O)c2cc(C)n(C)n2)cc1OC. The van der Waals surface area contributed by atoms with Crippen molar-refractivity contribution >= 4 is 11.6 Å². The van der Waals surface area contributed by atoms with Crippen LogP contribution >= 0.6 is 0 Å². The molecule has 0 saturated carbocycles. The average molecular weight is 289 g/mol. The van der Waals surface area contributed by atoms with Gasteiger partial charge in [0, 0.05) is 24.5 Å². The summed E-state index contributed by atoms with van der Waals surface area (Å²) in [6.45, 7) is 4.34. The van der Waals surface area contributed by atoms with E-state index in [1.54, 1.807) is 43.1 Å². The summed E-state index contributed by atoms with van der Waals surface area (Å²) in [4.78, 5) is 12.1. The first kappa shape index (κ1) is 14.9. The van der Waals surface area contributed by atoms with Crippen LogP contribution in [0.1, 0.15) is 23.1 Å². The number of hydrogen-bond acceptors (Lipinski definition) is 4. The number of anilines is 1. The van der Waals surface area contributed by atoms with Gasteiger partial charge in [-0.1, -0.05) is 0 Å². The molecule has 1 aromatic carbocycles. The van der Waals surface area contributed by atoms with Crippen LogP contribution in [0.5, 0.6) is 11.5 Å². The van der Waals surface area contributed by atoms with Crippen molar-refractivity contribution in [2.75, 3.05) is 19.0 Å². The Morgan fingerprint density at radius 2 is 2.10 bits per heavy atom. The fourth-order valence-corrected chi connectivity index (χ4v) is 1.89. The first-order valence-electron chi connectivity index (χ1n) is 6.68. The van der Waals surface area contributed by atoms with Gasteiger partial charge in [-0.15, -0.1) is 0 Å². The number of hydrogen-bond donors (Lipinski definition) is 1. The molecular formula is C15H19N3O3. The van der Waals surface area contributed by atoms with Crippen molar-refractivity contribution < 1.29 is 14.3 Å². The van der Waals surface area contributed by atoms with Crippen LogP contribution < -0.4 is 14.8 Å². The highest BCUT2D eigenvalue weighted by Crippen LogP contribution is 2.30. The zero-order valence-corrected chi connectivity index (χ0v) is 12.6. The number of carbonyl (C=O) groups is 1. The van der Waals surface area contributed by atoms with Crippen molar-refractivity contribution in [1.82, 2.24) is 9.78 Å². The first-order valence-corrected chi connectivity index (χ1v) is 6.68. The molecule has 0 bridgehead atoms. The lowest BCUT2D eigenvalue weighted by molar-refractivity contribution is 0.102. The second-order valence-electron chi connectivity index (χ2n) is 4.55. The number of rotatable bonds is 5. The van der Waals surface area contributed by atoms with Crippen LogP contribution in [0.2, 0.25) is 0 Å². The number of ether oxygens (including phenoxy) is 2. The van der Waals surface area contributed by atoms with Gasteiger partial charge in [-0.05, 0) is 32.0 Å². The lowest BCUT2D eigenvalue weighted by Crippen LogP contribution is -2.13. The third-order valence-corrected chi connectivity index (χ3v) is 3.07. The fraction of sp³-hybridized carbons (Fsp3) is 0.333. The van der Waals surface area contributed by atoms with Crippen LogP contribution in [0, 0.1) is 6.92 Å². The predicted molar refractivity (Wildman–Crippen MR) is 80.1 cm³/mol. The van der Waals surface area contributed by atoms with Gasteiger partial charge in [0.05, 0.1) is 13.7 Å². The molecule has 0 saturated heterocycles. The number of nitrogens with zero attached hydrogens (tertiary/aromatic N) is 2. The number of amides is 1. The van der Waals surface area contributed by atoms with Crippen LogP contribution in [-0.2, 0) is 7.05 Å². The van der Waals surface area contributed by atoms with Crippen LogP contribution in [0.25, 0.3) is 0 Å². The van der Waals surface area contributed by atoms with Crippen molar-refractivity contribution in [3.8, 4) is 11.5 Å². The summed E-state index contributed by atoms with van der Waals surface area (Å²) in [6.07, 6.45) is 0. The quantitative estimate of drug-likeness (QED) is 0.918. The lowest BCUT2D eigenvalue weighted by Gasteiger charge is -2.11. The zero-order valence-electron chi connectivity index (χ0n) is 12.6. The molecule has 2 rings (SSSR count). The topological polar surface area (TPSA) is 65.4 Å². The van der Waals surface area contributed by atoms with E-state index in [1.807, 2.05) is 13.8 Å². The average Bonchev–Trinajstić information content (AvgIpc) is 2.80. The Morgan fingerprint density at radius 3 is 2.67 bits per heavy atom. The fourth-order valence-electron chi connectivity index (χ4n) is 1.89. The van der Waals surface area contributed by atoms with Crippen molar-refractivity contribution in [3.05, 3.63) is 35.7 Å². The summed E-state index contributed by atoms with van der Waals surface area (Å²) < 4.78 is 12.4. The van der Waals surface area contributed by atoms with E-state index in [9.17, 15) is 4.79 Å². The summed E-state index contributed by atoms with van der Waals surface area (Å²) in [5.41, 5.74) is 1.93. The number of benzene rings is 1. The van der Waals surface area contributed by atoms with Crippen LogP contribution in [0.15, 0.2) is 24.3 Å². The number of aromatic nitrogens is 2. The second-order valence-corrected chi connectivity index (χ2v) is 4.55. The van der Waals surface area contributed by atoms with E-state index in [-0.39, 0.29) is 5.91 Å². The van der Waals surface area contributed by atoms with Crippen molar-refractivity contribution in [3.63, 3.8) is 0 Å². The summed E-state index contributed by atoms with van der Waals surface area (Å²) in [6, 6.07) is 6.99. The molecule has 1 amide bonds. The van der Waals surface area contributed by atoms with E-state index in [4.69, 9.17) is 9.47 Å². The summed E-state index contributed by atoms with van der Waals surface area (Å²) >= 11 is 0. The molecule has 6 nitrogen and oxygen atoms in total. The molecule has 0 unspecified atom stereocenters. The summed E-state index contributed by atoms with van der Waals surface area (Å²) in [5.74, 6) is 0.962. The molecule has 0 aliphatic heterocycles. The second kappa shape index (κ2) is 6.30. The van der Waals surface area contributed by atoms with Crippen molar-refractivity contribution in [2.24, 2.45) is 7.05 Å². The molecule has 0 radical (unpaired) electrons. The zero-order chi connectivity index (χ0) is 15.4. The number of aryl methyl sites for hydroxylation is 2. The Kier molecular flexibility index (Phi) is 4.47. The normalized spacial score (nSPS) is 10.3. The van der Waals surface area contributed by atoms with Crippen LogP contribution in [-0.4, -0.2) is 29.4 Å². The molecule has 21 heavy (non-hydrogen) atoms. The van der Waals surface area contributed by atoms with Crippen LogP contribution in [0.4, 0.5) is 5.69 Å². The van der Waals surface area contributed by atoms with Gasteiger partial charge in [-0.25, -0.2) is 0 Å². The number of nitrogens with one attached hydrogen (secondary N) is 1. The van der Waals surface area contributed by atoms with E-state index in [1.165, 1.54) is 0 Å². The molecule has 1 heterocycles. The van der Waals surface area contributed by atoms with Gasteiger partial charge in [0.25, 0.3) is 5.91 Å². The Bertz CT molecular complexity index is 630. The molecule has 1 aromatic heterocycles. The molecule has 112 valence electrons. The Morgan fingerprint density at radius 1 is 1.33 bits per heavy atom. The van der Waals surface area contributed by atoms with E-state index in [2.05, 4.69) is 10.4 Å². The standard InChI is InChI=1S/C15H19N3O3/c1-5-21-13-7-6-11(9-14(13)20-4)16-15(19)12-8-10(2)18(3)17-12/h6-9H,5H2,1-4H3,(H,16,19). The maximum Gasteiger partial charge on any atom is 0.276 e. The molecule has 0 fully saturated rings. The van der Waals surface area contributed by atoms with E-state index >= 15 is 0 Å². The van der Waals surface area contributed by atoms with Gasteiger partial charge in [0.1, 0.15) is 0 Å². The highest BCUT2D eigenvalue weighted by molar-refractivity contribution is 6.03. The molecular weight excluding hydrogens is 270 g/mol. The van der Waals surface area contributed by atoms with E-state index < -0.39 is 0 Å². The minimum Gasteiger partial charge on any atom is -0.493 e. The van der Waals surface area contributed by atoms with Gasteiger partial charge in [0.15, 0.2) is 17.2 Å². The van der Waals surface area contributed by atoms with Gasteiger partial charge >= 0.3 is 0 Å². The van der Waals surface area contributed by atoms with E-state index in [0.717, 1.165) is 5.69 Å². The molecule has 0 aliphatic rings. The molecule has 1 N–H and O–H groups in total. The number of carbonyl (C=O) groups excluding carboxylic acids is 1. The lowest BCUT2D eigenvalue weighted by atomic mass is 10.2. The van der Waals surface area contributed by atoms with Crippen LogP contribution in [0.3, 0.4) is 0 Å². The maximum absolute atomic E-state index is 12.1. The minimum atomic E-state index is -0.259. The highest BCUT2D eigenvalue weighted by atomic mass is 16.5. The number of methoxy groups -OCH3 is 1. The van der Waals surface area contributed by atoms with Crippen molar-refractivity contribution in [1.29, 1.82) is 0 Å². The van der Waals surface area contributed by atoms with Gasteiger partial charge in [-0.2, -0.15) is 5.10 Å². The molecule has 2 aromatic rings. The Balaban J connectivity index is 2.17. The predicted octanol–water partition coefficient (Wildman–Crippen LogP) is 2.39. The van der Waals surface area contributed by atoms with E-state index in [0.29, 0.717) is 29.5 Å². The minimum absolute atomic E-state index is 0.259. The first-order chi connectivity index (χ1) is 10.0. The highest BCUT2D eigenvalue weighted by Gasteiger charge is 2.12. The summed E-state index contributed by atoms with van der Waals surface area (Å²) in [5, 5.41) is 6.94. The molecule has 6 heteroatoms. The smallest absolute Gasteiger partial charge is 0.276 e. The molecule has 0 atom stereocenters. The van der Waals surface area contributed by atoms with Gasteiger partial charge in [-0.3, -0.25) is 9.48 Å². The molecule has 0 aliphatic carbocycles. The Labute approximate surface area is 123 Å². The van der Waals surface area contributed by atoms with Crippen molar-refractivity contribution in [2.45, 2.75) is 13.8 Å². The van der Waals surface area contributed by atoms with Gasteiger partial charge in [0.2, 0.25) is 0 Å². The third-order valence-electron chi connectivity index (χ3n) is 3.07. The largest absolute Gasteiger partial charge is 0.493 e. The maximum atomic E-state index is 12.1. The molecule has 0 spiro atoms. The Hall–Kier alpha value is -2.50. The third kappa shape index (κ3) is 3.34. The monoisotopic (exact) mass is 289 g/mol. The van der Waals surface area contributed by atoms with Gasteiger partial charge < -0.3 is 14.8 Å². The summed E-state index contributed by atoms with van der Waals surface area (Å²) in [7, 11) is 3.36.